The van der Waals surface area contributed by atoms with Gasteiger partial charge in [0.2, 0.25) is 0 Å². The first-order valence-corrected chi connectivity index (χ1v) is 11.4. The molecule has 32 heavy (non-hydrogen) atoms. The van der Waals surface area contributed by atoms with Gasteiger partial charge < -0.3 is 20.1 Å². The maximum absolute atomic E-state index is 14.4. The Morgan fingerprint density at radius 1 is 1.31 bits per heavy atom. The molecule has 2 aliphatic rings. The van der Waals surface area contributed by atoms with Gasteiger partial charge in [-0.15, -0.1) is 0 Å². The number of methoxy groups -OCH3 is 1. The van der Waals surface area contributed by atoms with Gasteiger partial charge in [0.15, 0.2) is 0 Å². The Bertz CT molecular complexity index is 952. The van der Waals surface area contributed by atoms with Crippen LogP contribution >= 0.6 is 11.6 Å². The molecule has 0 aliphatic carbocycles. The summed E-state index contributed by atoms with van der Waals surface area (Å²) in [6.07, 6.45) is 3.59. The third-order valence-electron chi connectivity index (χ3n) is 6.34. The Hall–Kier alpha value is -2.06. The maximum atomic E-state index is 14.4. The largest absolute Gasteiger partial charge is 0.382 e. The van der Waals surface area contributed by atoms with Gasteiger partial charge in [0, 0.05) is 63.8 Å². The van der Waals surface area contributed by atoms with E-state index in [2.05, 4.69) is 15.6 Å². The molecule has 1 aromatic heterocycles. The van der Waals surface area contributed by atoms with Crippen LogP contribution in [-0.4, -0.2) is 56.8 Å². The fourth-order valence-corrected chi connectivity index (χ4v) is 4.58. The summed E-state index contributed by atoms with van der Waals surface area (Å²) in [7, 11) is 1.62. The molecule has 0 unspecified atom stereocenters. The molecule has 8 heteroatoms. The molecule has 2 aliphatic heterocycles. The number of aromatic nitrogens is 1. The highest BCUT2D eigenvalue weighted by Gasteiger charge is 2.32. The van der Waals surface area contributed by atoms with Crippen molar-refractivity contribution in [3.63, 3.8) is 0 Å². The van der Waals surface area contributed by atoms with Crippen LogP contribution in [0.5, 0.6) is 0 Å². The number of Topliss-reactive ketones (excluding diaryl/α,β-unsaturated/α-hetero) is 1. The second-order valence-electron chi connectivity index (χ2n) is 8.47. The molecule has 0 amide bonds. The van der Waals surface area contributed by atoms with E-state index in [1.807, 2.05) is 6.07 Å². The van der Waals surface area contributed by atoms with Gasteiger partial charge in [-0.25, -0.2) is 4.39 Å². The summed E-state index contributed by atoms with van der Waals surface area (Å²) >= 11 is 6.43. The smallest absolute Gasteiger partial charge is 0.146 e. The van der Waals surface area contributed by atoms with Crippen LogP contribution in [0, 0.1) is 17.7 Å². The SMILES string of the molecule is CO[C@H]1CNC[C@@H]1C(=O)Cc1cc(-c2ccc(F)c(NCC3CCOCC3)c2)c(Cl)cn1. The summed E-state index contributed by atoms with van der Waals surface area (Å²) < 4.78 is 25.2. The van der Waals surface area contributed by atoms with Crippen molar-refractivity contribution in [1.29, 1.82) is 0 Å². The first-order valence-electron chi connectivity index (χ1n) is 11.1. The van der Waals surface area contributed by atoms with Crippen molar-refractivity contribution in [2.75, 3.05) is 45.3 Å². The van der Waals surface area contributed by atoms with Crippen LogP contribution in [0.4, 0.5) is 10.1 Å². The third-order valence-corrected chi connectivity index (χ3v) is 6.64. The number of pyridine rings is 1. The molecule has 6 nitrogen and oxygen atoms in total. The van der Waals surface area contributed by atoms with Gasteiger partial charge in [-0.2, -0.15) is 0 Å². The average Bonchev–Trinajstić information content (AvgIpc) is 3.30. The monoisotopic (exact) mass is 461 g/mol. The zero-order chi connectivity index (χ0) is 22.5. The summed E-state index contributed by atoms with van der Waals surface area (Å²) in [6.45, 7) is 3.49. The van der Waals surface area contributed by atoms with Crippen LogP contribution in [0.1, 0.15) is 18.5 Å². The van der Waals surface area contributed by atoms with E-state index in [1.54, 1.807) is 25.4 Å². The van der Waals surface area contributed by atoms with Gasteiger partial charge in [0.05, 0.1) is 22.7 Å². The average molecular weight is 462 g/mol. The van der Waals surface area contributed by atoms with E-state index in [9.17, 15) is 9.18 Å². The molecule has 0 spiro atoms. The van der Waals surface area contributed by atoms with Gasteiger partial charge in [0.1, 0.15) is 11.6 Å². The van der Waals surface area contributed by atoms with Crippen LogP contribution < -0.4 is 10.6 Å². The van der Waals surface area contributed by atoms with Crippen molar-refractivity contribution in [1.82, 2.24) is 10.3 Å². The van der Waals surface area contributed by atoms with E-state index in [0.717, 1.165) is 37.2 Å². The molecule has 2 N–H and O–H groups in total. The molecule has 2 aromatic rings. The number of carbonyl (C=O) groups is 1. The summed E-state index contributed by atoms with van der Waals surface area (Å²) in [5.41, 5.74) is 2.59. The first-order chi connectivity index (χ1) is 15.5. The number of benzene rings is 1. The molecule has 2 saturated heterocycles. The molecular weight excluding hydrogens is 433 g/mol. The summed E-state index contributed by atoms with van der Waals surface area (Å²) in [4.78, 5) is 17.1. The predicted molar refractivity (Wildman–Crippen MR) is 123 cm³/mol. The quantitative estimate of drug-likeness (QED) is 0.624. The minimum Gasteiger partial charge on any atom is -0.382 e. The van der Waals surface area contributed by atoms with Crippen molar-refractivity contribution in [2.24, 2.45) is 11.8 Å². The maximum Gasteiger partial charge on any atom is 0.146 e. The number of anilines is 1. The lowest BCUT2D eigenvalue weighted by Crippen LogP contribution is -2.29. The fourth-order valence-electron chi connectivity index (χ4n) is 4.37. The second-order valence-corrected chi connectivity index (χ2v) is 8.88. The molecule has 0 saturated carbocycles. The highest BCUT2D eigenvalue weighted by atomic mass is 35.5. The minimum atomic E-state index is -0.305. The molecular formula is C24H29ClFN3O3. The van der Waals surface area contributed by atoms with Crippen molar-refractivity contribution in [3.8, 4) is 11.1 Å². The van der Waals surface area contributed by atoms with E-state index in [-0.39, 0.29) is 30.0 Å². The van der Waals surface area contributed by atoms with E-state index in [0.29, 0.717) is 42.0 Å². The topological polar surface area (TPSA) is 72.5 Å². The standard InChI is InChI=1S/C24H29ClFN3O3/c1-31-24-14-27-12-19(24)23(30)10-17-9-18(20(25)13-28-17)16-2-3-21(26)22(8-16)29-11-15-4-6-32-7-5-15/h2-3,8-9,13,15,19,24,27,29H,4-7,10-12,14H2,1H3/t19-,24+/m1/s1. The predicted octanol–water partition coefficient (Wildman–Crippen LogP) is 3.73. The highest BCUT2D eigenvalue weighted by Crippen LogP contribution is 2.31. The van der Waals surface area contributed by atoms with Gasteiger partial charge in [-0.05, 0) is 42.5 Å². The third kappa shape index (κ3) is 5.46. The van der Waals surface area contributed by atoms with E-state index in [1.165, 1.54) is 6.07 Å². The number of ketones is 1. The van der Waals surface area contributed by atoms with Crippen LogP contribution in [0.2, 0.25) is 5.02 Å². The molecule has 3 heterocycles. The van der Waals surface area contributed by atoms with Gasteiger partial charge in [-0.3, -0.25) is 9.78 Å². The molecule has 0 radical (unpaired) electrons. The normalized spacial score (nSPS) is 21.6. The number of hydrogen-bond donors (Lipinski definition) is 2. The molecule has 172 valence electrons. The van der Waals surface area contributed by atoms with E-state index in [4.69, 9.17) is 21.1 Å². The number of carbonyl (C=O) groups excluding carboxylic acids is 1. The van der Waals surface area contributed by atoms with Crippen molar-refractivity contribution in [2.45, 2.75) is 25.4 Å². The highest BCUT2D eigenvalue weighted by molar-refractivity contribution is 6.33. The molecule has 1 aromatic carbocycles. The Balaban J connectivity index is 1.49. The zero-order valence-electron chi connectivity index (χ0n) is 18.2. The lowest BCUT2D eigenvalue weighted by atomic mass is 9.96. The second kappa shape index (κ2) is 10.7. The van der Waals surface area contributed by atoms with E-state index >= 15 is 0 Å². The Morgan fingerprint density at radius 2 is 2.12 bits per heavy atom. The van der Waals surface area contributed by atoms with Crippen molar-refractivity contribution >= 4 is 23.1 Å². The first kappa shape index (κ1) is 23.1. The lowest BCUT2D eigenvalue weighted by Gasteiger charge is -2.23. The molecule has 2 fully saturated rings. The van der Waals surface area contributed by atoms with Crippen LogP contribution in [0.3, 0.4) is 0 Å². The Kier molecular flexibility index (Phi) is 7.73. The van der Waals surface area contributed by atoms with Crippen LogP contribution in [-0.2, 0) is 20.7 Å². The number of hydrogen-bond acceptors (Lipinski definition) is 6. The number of rotatable bonds is 8. The Morgan fingerprint density at radius 3 is 2.91 bits per heavy atom. The summed E-state index contributed by atoms with van der Waals surface area (Å²) in [6, 6.07) is 6.73. The summed E-state index contributed by atoms with van der Waals surface area (Å²) in [5.74, 6) is 0.0592. The minimum absolute atomic E-state index is 0.0838. The van der Waals surface area contributed by atoms with Gasteiger partial charge >= 0.3 is 0 Å². The Labute approximate surface area is 192 Å². The number of nitrogens with zero attached hydrogens (tertiary/aromatic N) is 1. The number of halogens is 2. The molecule has 4 rings (SSSR count). The van der Waals surface area contributed by atoms with Crippen LogP contribution in [0.15, 0.2) is 30.5 Å². The lowest BCUT2D eigenvalue weighted by molar-refractivity contribution is -0.124. The molecule has 2 atom stereocenters. The summed E-state index contributed by atoms with van der Waals surface area (Å²) in [5, 5.41) is 6.90. The van der Waals surface area contributed by atoms with Gasteiger partial charge in [0.25, 0.3) is 0 Å². The van der Waals surface area contributed by atoms with Crippen molar-refractivity contribution in [3.05, 3.63) is 47.0 Å². The van der Waals surface area contributed by atoms with E-state index < -0.39 is 0 Å². The van der Waals surface area contributed by atoms with Gasteiger partial charge in [-0.1, -0.05) is 17.7 Å². The van der Waals surface area contributed by atoms with Crippen molar-refractivity contribution < 1.29 is 18.7 Å². The fraction of sp³-hybridized carbons (Fsp3) is 0.500. The zero-order valence-corrected chi connectivity index (χ0v) is 19.0. The number of nitrogens with one attached hydrogen (secondary N) is 2. The number of ether oxygens (including phenoxy) is 2. The molecule has 0 bridgehead atoms. The van der Waals surface area contributed by atoms with Crippen LogP contribution in [0.25, 0.3) is 11.1 Å².